The third-order valence-corrected chi connectivity index (χ3v) is 12.7. The van der Waals surface area contributed by atoms with Gasteiger partial charge < -0.3 is 19.7 Å². The van der Waals surface area contributed by atoms with Crippen LogP contribution in [-0.2, 0) is 9.47 Å². The summed E-state index contributed by atoms with van der Waals surface area (Å²) >= 11 is 4.36. The summed E-state index contributed by atoms with van der Waals surface area (Å²) in [6, 6.07) is 15.3. The zero-order valence-corrected chi connectivity index (χ0v) is 27.9. The van der Waals surface area contributed by atoms with Gasteiger partial charge in [0.2, 0.25) is 0 Å². The number of thiol groups is 1. The molecule has 0 amide bonds. The first kappa shape index (κ1) is 33.5. The molecule has 4 aliphatic carbocycles. The highest BCUT2D eigenvalue weighted by Gasteiger charge is 2.79. The molecule has 1 aliphatic heterocycles. The number of fused-ring (bicyclic) bond motifs is 4. The number of allylic oxidation sites excluding steroid dienone is 1. The van der Waals surface area contributed by atoms with Gasteiger partial charge in [-0.05, 0) is 84.8 Å². The van der Waals surface area contributed by atoms with Crippen molar-refractivity contribution in [3.8, 4) is 11.1 Å². The summed E-state index contributed by atoms with van der Waals surface area (Å²) in [6.45, 7) is 6.55. The molecule has 4 nitrogen and oxygen atoms in total. The van der Waals surface area contributed by atoms with Crippen LogP contribution in [0.5, 0.6) is 0 Å². The Hall–Kier alpha value is -1.98. The summed E-state index contributed by atoms with van der Waals surface area (Å²) in [6.07, 6.45) is -4.61. The fourth-order valence-corrected chi connectivity index (χ4v) is 10.0. The second kappa shape index (κ2) is 10.8. The molecule has 1 spiro atoms. The van der Waals surface area contributed by atoms with E-state index >= 15 is 8.78 Å². The molecule has 2 N–H and O–H groups in total. The van der Waals surface area contributed by atoms with E-state index in [0.717, 1.165) is 32.7 Å². The molecule has 3 saturated carbocycles. The maximum Gasteiger partial charge on any atom is 0.456 e. The number of hydrogen-bond donors (Lipinski definition) is 3. The third kappa shape index (κ3) is 5.05. The van der Waals surface area contributed by atoms with Crippen molar-refractivity contribution in [2.75, 3.05) is 13.2 Å². The zero-order valence-electron chi connectivity index (χ0n) is 27.0. The molecule has 256 valence electrons. The number of aliphatic hydroxyl groups is 2. The van der Waals surface area contributed by atoms with Gasteiger partial charge in [0.05, 0.1) is 18.8 Å². The second-order valence-electron chi connectivity index (χ2n) is 15.9. The normalized spacial score (nSPS) is 36.5. The van der Waals surface area contributed by atoms with Crippen molar-refractivity contribution in [2.24, 2.45) is 22.7 Å². The standard InChI is InChI=1S/C37H43F5O4S/c1-31(2)20-45-34(46-21-31)16-13-29-30-26(12-15-33(29,43)19-34)28-14-17-35(44,36(38,39)37(40,41)42)32(28,3)18-27(30)24-6-4-22(5-7-24)23-8-10-25(47)11-9-23/h4-11,26-28,43-44,47H,12-21H2,1-3H3/t26-,27+,28-,32-,33+,35-/m0/s1. The molecule has 1 heterocycles. The van der Waals surface area contributed by atoms with Crippen LogP contribution >= 0.6 is 12.6 Å². The smallest absolute Gasteiger partial charge is 0.385 e. The van der Waals surface area contributed by atoms with E-state index in [1.807, 2.05) is 48.5 Å². The van der Waals surface area contributed by atoms with E-state index in [1.54, 1.807) is 0 Å². The Morgan fingerprint density at radius 1 is 0.809 bits per heavy atom. The van der Waals surface area contributed by atoms with Crippen molar-refractivity contribution in [3.05, 3.63) is 65.2 Å². The third-order valence-electron chi connectivity index (χ3n) is 12.4. The summed E-state index contributed by atoms with van der Waals surface area (Å²) in [4.78, 5) is 0.821. The molecule has 1 saturated heterocycles. The summed E-state index contributed by atoms with van der Waals surface area (Å²) in [7, 11) is 0. The topological polar surface area (TPSA) is 58.9 Å². The Kier molecular flexibility index (Phi) is 7.67. The van der Waals surface area contributed by atoms with Gasteiger partial charge in [-0.15, -0.1) is 12.6 Å². The van der Waals surface area contributed by atoms with Crippen LogP contribution in [0.3, 0.4) is 0 Å². The molecule has 7 rings (SSSR count). The first-order valence-corrected chi connectivity index (χ1v) is 17.1. The number of benzene rings is 2. The first-order valence-electron chi connectivity index (χ1n) is 16.6. The van der Waals surface area contributed by atoms with Crippen LogP contribution in [0.25, 0.3) is 11.1 Å². The highest BCUT2D eigenvalue weighted by atomic mass is 32.1. The number of ether oxygens (including phenoxy) is 2. The number of halogens is 5. The van der Waals surface area contributed by atoms with E-state index < -0.39 is 52.8 Å². The highest BCUT2D eigenvalue weighted by molar-refractivity contribution is 7.80. The lowest BCUT2D eigenvalue weighted by Crippen LogP contribution is -2.65. The van der Waals surface area contributed by atoms with Crippen molar-refractivity contribution >= 4 is 12.6 Å². The Balaban J connectivity index is 1.32. The lowest BCUT2D eigenvalue weighted by atomic mass is 9.49. The van der Waals surface area contributed by atoms with Gasteiger partial charge in [0.25, 0.3) is 0 Å². The summed E-state index contributed by atoms with van der Waals surface area (Å²) in [5.41, 5.74) is -1.95. The van der Waals surface area contributed by atoms with Crippen molar-refractivity contribution in [1.29, 1.82) is 0 Å². The lowest BCUT2D eigenvalue weighted by molar-refractivity contribution is -0.362. The summed E-state index contributed by atoms with van der Waals surface area (Å²) in [5.74, 6) is -7.71. The van der Waals surface area contributed by atoms with Crippen LogP contribution in [0.2, 0.25) is 0 Å². The fourth-order valence-electron chi connectivity index (χ4n) is 9.87. The second-order valence-corrected chi connectivity index (χ2v) is 16.4. The van der Waals surface area contributed by atoms with Gasteiger partial charge in [-0.2, -0.15) is 22.0 Å². The van der Waals surface area contributed by atoms with Crippen LogP contribution in [0.15, 0.2) is 64.6 Å². The summed E-state index contributed by atoms with van der Waals surface area (Å²) in [5, 5.41) is 24.0. The van der Waals surface area contributed by atoms with Crippen molar-refractivity contribution in [1.82, 2.24) is 0 Å². The monoisotopic (exact) mass is 678 g/mol. The average molecular weight is 679 g/mol. The SMILES string of the molecule is CC1(C)COC2(CCC3=C4[C@@H](CC[C@@]3(O)C2)[C@@H]2CC[C@@](O)(C(F)(F)C(F)(F)F)[C@@]2(C)C[C@@H]4c2ccc(-c3ccc(S)cc3)cc2)OC1. The van der Waals surface area contributed by atoms with Crippen LogP contribution in [0.1, 0.15) is 83.6 Å². The Morgan fingerprint density at radius 3 is 2.00 bits per heavy atom. The van der Waals surface area contributed by atoms with Crippen molar-refractivity contribution in [3.63, 3.8) is 0 Å². The van der Waals surface area contributed by atoms with E-state index in [-0.39, 0.29) is 30.6 Å². The van der Waals surface area contributed by atoms with Crippen molar-refractivity contribution < 1.29 is 41.6 Å². The lowest BCUT2D eigenvalue weighted by Gasteiger charge is -2.59. The largest absolute Gasteiger partial charge is 0.456 e. The van der Waals surface area contributed by atoms with Crippen molar-refractivity contribution in [2.45, 2.75) is 112 Å². The van der Waals surface area contributed by atoms with Gasteiger partial charge in [0.1, 0.15) is 5.60 Å². The number of rotatable bonds is 3. The van der Waals surface area contributed by atoms with Crippen LogP contribution in [0, 0.1) is 22.7 Å². The minimum atomic E-state index is -5.89. The minimum Gasteiger partial charge on any atom is -0.385 e. The van der Waals surface area contributed by atoms with E-state index in [9.17, 15) is 23.4 Å². The van der Waals surface area contributed by atoms with Gasteiger partial charge in [0.15, 0.2) is 5.79 Å². The van der Waals surface area contributed by atoms with Crippen LogP contribution in [0.4, 0.5) is 22.0 Å². The predicted octanol–water partition coefficient (Wildman–Crippen LogP) is 8.87. The molecule has 2 aromatic carbocycles. The number of hydrogen-bond acceptors (Lipinski definition) is 5. The van der Waals surface area contributed by atoms with E-state index in [0.29, 0.717) is 38.9 Å². The molecule has 2 aromatic rings. The van der Waals surface area contributed by atoms with Crippen LogP contribution < -0.4 is 0 Å². The maximum atomic E-state index is 15.4. The Labute approximate surface area is 278 Å². The van der Waals surface area contributed by atoms with Gasteiger partial charge in [-0.1, -0.05) is 62.7 Å². The molecule has 0 aromatic heterocycles. The highest BCUT2D eigenvalue weighted by Crippen LogP contribution is 2.71. The van der Waals surface area contributed by atoms with Gasteiger partial charge in [-0.3, -0.25) is 0 Å². The molecule has 6 atom stereocenters. The molecule has 47 heavy (non-hydrogen) atoms. The molecule has 10 heteroatoms. The number of alkyl halides is 5. The van der Waals surface area contributed by atoms with E-state index in [2.05, 4.69) is 26.5 Å². The molecule has 4 fully saturated rings. The van der Waals surface area contributed by atoms with Crippen LogP contribution in [-0.4, -0.2) is 52.5 Å². The molecule has 0 bridgehead atoms. The zero-order chi connectivity index (χ0) is 33.8. The first-order chi connectivity index (χ1) is 21.8. The fraction of sp³-hybridized carbons (Fsp3) is 0.622. The minimum absolute atomic E-state index is 0.0522. The molecular formula is C37H43F5O4S. The predicted molar refractivity (Wildman–Crippen MR) is 170 cm³/mol. The van der Waals surface area contributed by atoms with E-state index in [1.165, 1.54) is 6.92 Å². The average Bonchev–Trinajstić information content (AvgIpc) is 3.29. The quantitative estimate of drug-likeness (QED) is 0.173. The molecular weight excluding hydrogens is 635 g/mol. The van der Waals surface area contributed by atoms with Gasteiger partial charge in [-0.25, -0.2) is 0 Å². The summed E-state index contributed by atoms with van der Waals surface area (Å²) < 4.78 is 85.2. The maximum absolute atomic E-state index is 15.4. The van der Waals surface area contributed by atoms with E-state index in [4.69, 9.17) is 9.47 Å². The Morgan fingerprint density at radius 2 is 1.40 bits per heavy atom. The molecule has 0 radical (unpaired) electrons. The van der Waals surface area contributed by atoms with Gasteiger partial charge in [0, 0.05) is 34.5 Å². The molecule has 5 aliphatic rings. The van der Waals surface area contributed by atoms with Gasteiger partial charge >= 0.3 is 12.1 Å². The Bertz CT molecular complexity index is 1560. The molecule has 0 unspecified atom stereocenters.